The predicted octanol–water partition coefficient (Wildman–Crippen LogP) is 4.96. The number of aromatic nitrogens is 1. The first-order valence-corrected chi connectivity index (χ1v) is 14.3. The van der Waals surface area contributed by atoms with E-state index in [0.29, 0.717) is 22.5 Å². The van der Waals surface area contributed by atoms with Gasteiger partial charge in [0, 0.05) is 51.4 Å². The normalized spacial score (nSPS) is 18.9. The topological polar surface area (TPSA) is 75.5 Å². The van der Waals surface area contributed by atoms with E-state index in [-0.39, 0.29) is 11.4 Å². The Bertz CT molecular complexity index is 1130. The summed E-state index contributed by atoms with van der Waals surface area (Å²) in [6.45, 7) is 10.5. The van der Waals surface area contributed by atoms with Crippen molar-refractivity contribution < 1.29 is 4.79 Å². The van der Waals surface area contributed by atoms with Crippen molar-refractivity contribution in [3.63, 3.8) is 0 Å². The smallest absolute Gasteiger partial charge is 0.255 e. The molecule has 0 atom stereocenters. The highest BCUT2D eigenvalue weighted by molar-refractivity contribution is 7.07. The second-order valence-electron chi connectivity index (χ2n) is 10.4. The molecule has 0 aromatic carbocycles. The number of hydrogen-bond donors (Lipinski definition) is 1. The highest BCUT2D eigenvalue weighted by Gasteiger charge is 2.40. The van der Waals surface area contributed by atoms with Crippen molar-refractivity contribution in [1.29, 1.82) is 5.26 Å². The van der Waals surface area contributed by atoms with E-state index in [9.17, 15) is 10.1 Å². The number of allylic oxidation sites excluding steroid dienone is 1. The number of carbonyl (C=O) groups is 1. The van der Waals surface area contributed by atoms with Crippen molar-refractivity contribution >= 4 is 28.8 Å². The van der Waals surface area contributed by atoms with E-state index in [0.717, 1.165) is 69.8 Å². The summed E-state index contributed by atoms with van der Waals surface area (Å²) in [6.07, 6.45) is 5.62. The fourth-order valence-electron chi connectivity index (χ4n) is 5.84. The molecule has 2 aliphatic heterocycles. The Morgan fingerprint density at radius 2 is 2.03 bits per heavy atom. The standard InChI is InChI=1S/C28H37ClN6OS/c1-20-17-24(29)32-21(2)26(20)27(36)33-14-9-28(3,10-15-33)34-12-6-23(7-13-34)35(25(31-4)5-11-30)18-22-8-16-37-19-22/h5,8,16-17,19,23,31H,6-7,9-10,12-15,18H2,1-4H3/b25-5+. The maximum atomic E-state index is 13.3. The van der Waals surface area contributed by atoms with E-state index in [4.69, 9.17) is 11.6 Å². The molecular formula is C28H37ClN6OS. The van der Waals surface area contributed by atoms with Crippen molar-refractivity contribution in [3.05, 3.63) is 62.3 Å². The van der Waals surface area contributed by atoms with Gasteiger partial charge in [-0.05, 0) is 80.5 Å². The molecule has 2 fully saturated rings. The first-order chi connectivity index (χ1) is 17.8. The van der Waals surface area contributed by atoms with Crippen LogP contribution < -0.4 is 5.32 Å². The van der Waals surface area contributed by atoms with Crippen molar-refractivity contribution in [1.82, 2.24) is 25.0 Å². The minimum atomic E-state index is 0.0628. The molecule has 2 aromatic heterocycles. The van der Waals surface area contributed by atoms with E-state index < -0.39 is 0 Å². The van der Waals surface area contributed by atoms with Crippen LogP contribution >= 0.6 is 22.9 Å². The number of aryl methyl sites for hydroxylation is 2. The summed E-state index contributed by atoms with van der Waals surface area (Å²) >= 11 is 7.78. The lowest BCUT2D eigenvalue weighted by Crippen LogP contribution is -2.58. The quantitative estimate of drug-likeness (QED) is 0.395. The van der Waals surface area contributed by atoms with Crippen LogP contribution in [0.25, 0.3) is 0 Å². The van der Waals surface area contributed by atoms with Gasteiger partial charge in [0.25, 0.3) is 5.91 Å². The van der Waals surface area contributed by atoms with Crippen molar-refractivity contribution in [2.75, 3.05) is 33.2 Å². The lowest BCUT2D eigenvalue weighted by Gasteiger charge is -2.50. The molecule has 2 aliphatic rings. The Labute approximate surface area is 229 Å². The molecule has 1 N–H and O–H groups in total. The van der Waals surface area contributed by atoms with Gasteiger partial charge in [-0.1, -0.05) is 11.6 Å². The molecule has 37 heavy (non-hydrogen) atoms. The Balaban J connectivity index is 1.38. The largest absolute Gasteiger partial charge is 0.374 e. The number of halogens is 1. The van der Waals surface area contributed by atoms with E-state index in [1.54, 1.807) is 23.5 Å². The molecule has 0 aliphatic carbocycles. The first kappa shape index (κ1) is 27.4. The number of nitrogens with one attached hydrogen (secondary N) is 1. The van der Waals surface area contributed by atoms with Crippen LogP contribution in [0, 0.1) is 25.2 Å². The summed E-state index contributed by atoms with van der Waals surface area (Å²) in [5.74, 6) is 0.945. The van der Waals surface area contributed by atoms with Gasteiger partial charge in [0.1, 0.15) is 11.0 Å². The Hall–Kier alpha value is -2.60. The predicted molar refractivity (Wildman–Crippen MR) is 149 cm³/mol. The van der Waals surface area contributed by atoms with E-state index in [1.165, 1.54) is 5.56 Å². The zero-order chi connectivity index (χ0) is 26.6. The van der Waals surface area contributed by atoms with Crippen LogP contribution in [0.5, 0.6) is 0 Å². The van der Waals surface area contributed by atoms with Crippen LogP contribution in [0.2, 0.25) is 5.15 Å². The van der Waals surface area contributed by atoms with Crippen molar-refractivity contribution in [2.45, 2.75) is 64.6 Å². The highest BCUT2D eigenvalue weighted by atomic mass is 35.5. The molecule has 1 amide bonds. The van der Waals surface area contributed by atoms with Gasteiger partial charge < -0.3 is 15.1 Å². The molecule has 4 heterocycles. The molecule has 0 unspecified atom stereocenters. The number of rotatable bonds is 7. The fraction of sp³-hybridized carbons (Fsp3) is 0.536. The molecule has 7 nitrogen and oxygen atoms in total. The molecule has 9 heteroatoms. The monoisotopic (exact) mass is 540 g/mol. The lowest BCUT2D eigenvalue weighted by atomic mass is 9.85. The summed E-state index contributed by atoms with van der Waals surface area (Å²) in [6, 6.07) is 6.50. The van der Waals surface area contributed by atoms with Gasteiger partial charge in [-0.25, -0.2) is 4.98 Å². The minimum absolute atomic E-state index is 0.0628. The second-order valence-corrected chi connectivity index (χ2v) is 11.6. The van der Waals surface area contributed by atoms with Gasteiger partial charge >= 0.3 is 0 Å². The van der Waals surface area contributed by atoms with Crippen molar-refractivity contribution in [2.24, 2.45) is 0 Å². The summed E-state index contributed by atoms with van der Waals surface area (Å²) in [7, 11) is 1.89. The molecule has 0 bridgehead atoms. The lowest BCUT2D eigenvalue weighted by molar-refractivity contribution is 0.00434. The number of hydrogen-bond acceptors (Lipinski definition) is 7. The number of nitriles is 1. The Morgan fingerprint density at radius 3 is 2.59 bits per heavy atom. The number of piperidine rings is 2. The minimum Gasteiger partial charge on any atom is -0.374 e. The van der Waals surface area contributed by atoms with E-state index in [2.05, 4.69) is 49.9 Å². The molecule has 0 spiro atoms. The molecule has 0 saturated carbocycles. The number of pyridine rings is 1. The molecular weight excluding hydrogens is 504 g/mol. The first-order valence-electron chi connectivity index (χ1n) is 13.0. The van der Waals surface area contributed by atoms with Crippen LogP contribution in [-0.2, 0) is 6.54 Å². The van der Waals surface area contributed by atoms with E-state index in [1.807, 2.05) is 25.8 Å². The molecule has 2 saturated heterocycles. The number of thiophene rings is 1. The van der Waals surface area contributed by atoms with Gasteiger partial charge in [0.2, 0.25) is 0 Å². The van der Waals surface area contributed by atoms with Crippen LogP contribution in [-0.4, -0.2) is 70.4 Å². The fourth-order valence-corrected chi connectivity index (χ4v) is 6.79. The highest BCUT2D eigenvalue weighted by Crippen LogP contribution is 2.34. The van der Waals surface area contributed by atoms with Gasteiger partial charge in [0.05, 0.1) is 23.4 Å². The molecule has 2 aromatic rings. The second kappa shape index (κ2) is 11.8. The van der Waals surface area contributed by atoms with Crippen LogP contribution in [0.4, 0.5) is 0 Å². The van der Waals surface area contributed by atoms with Gasteiger partial charge in [-0.15, -0.1) is 0 Å². The zero-order valence-corrected chi connectivity index (χ0v) is 23.8. The van der Waals surface area contributed by atoms with Gasteiger partial charge in [0.15, 0.2) is 0 Å². The number of amides is 1. The zero-order valence-electron chi connectivity index (χ0n) is 22.3. The van der Waals surface area contributed by atoms with Crippen LogP contribution in [0.3, 0.4) is 0 Å². The molecule has 4 rings (SSSR count). The summed E-state index contributed by atoms with van der Waals surface area (Å²) < 4.78 is 0. The number of nitrogens with zero attached hydrogens (tertiary/aromatic N) is 5. The summed E-state index contributed by atoms with van der Waals surface area (Å²) in [5, 5.41) is 17.3. The van der Waals surface area contributed by atoms with Gasteiger partial charge in [-0.3, -0.25) is 9.69 Å². The Morgan fingerprint density at radius 1 is 1.32 bits per heavy atom. The third-order valence-electron chi connectivity index (χ3n) is 8.08. The number of likely N-dealkylation sites (tertiary alicyclic amines) is 2. The average Bonchev–Trinajstić information content (AvgIpc) is 3.39. The number of carbonyl (C=O) groups excluding carboxylic acids is 1. The molecule has 198 valence electrons. The van der Waals surface area contributed by atoms with Crippen molar-refractivity contribution in [3.8, 4) is 6.07 Å². The summed E-state index contributed by atoms with van der Waals surface area (Å²) in [4.78, 5) is 24.6. The molecule has 0 radical (unpaired) electrons. The average molecular weight is 541 g/mol. The van der Waals surface area contributed by atoms with Gasteiger partial charge in [-0.2, -0.15) is 16.6 Å². The van der Waals surface area contributed by atoms with E-state index >= 15 is 0 Å². The third kappa shape index (κ3) is 6.11. The summed E-state index contributed by atoms with van der Waals surface area (Å²) in [5.41, 5.74) is 3.62. The maximum absolute atomic E-state index is 13.3. The third-order valence-corrected chi connectivity index (χ3v) is 9.00. The SMILES string of the molecule is CN/C(=C\C#N)N(Cc1ccsc1)C1CCN(C2(C)CCN(C(=O)c3c(C)cc(Cl)nc3C)CC2)CC1. The Kier molecular flexibility index (Phi) is 8.79. The van der Waals surface area contributed by atoms with Crippen LogP contribution in [0.15, 0.2) is 34.8 Å². The van der Waals surface area contributed by atoms with Crippen LogP contribution in [0.1, 0.15) is 59.8 Å². The maximum Gasteiger partial charge on any atom is 0.255 e.